The molecule has 2 N–H and O–H groups in total. The lowest BCUT2D eigenvalue weighted by molar-refractivity contribution is -0.122. The van der Waals surface area contributed by atoms with E-state index < -0.39 is 0 Å². The average Bonchev–Trinajstić information content (AvgIpc) is 2.39. The number of nitrogens with one attached hydrogen (secondary N) is 1. The van der Waals surface area contributed by atoms with Gasteiger partial charge in [-0.25, -0.2) is 0 Å². The van der Waals surface area contributed by atoms with E-state index >= 15 is 0 Å². The quantitative estimate of drug-likeness (QED) is 0.879. The molecule has 1 aromatic carbocycles. The molecule has 4 heteroatoms. The number of thioether (sulfide) groups is 1. The van der Waals surface area contributed by atoms with Gasteiger partial charge >= 0.3 is 0 Å². The van der Waals surface area contributed by atoms with E-state index in [0.29, 0.717) is 18.9 Å². The van der Waals surface area contributed by atoms with Gasteiger partial charge in [-0.15, -0.1) is 0 Å². The van der Waals surface area contributed by atoms with Gasteiger partial charge in [0.25, 0.3) is 0 Å². The summed E-state index contributed by atoms with van der Waals surface area (Å²) >= 11 is 1.98. The predicted molar refractivity (Wildman–Crippen MR) is 74.6 cm³/mol. The van der Waals surface area contributed by atoms with E-state index in [0.717, 1.165) is 18.4 Å². The van der Waals surface area contributed by atoms with Crippen molar-refractivity contribution in [1.82, 2.24) is 5.32 Å². The monoisotopic (exact) mass is 265 g/mol. The van der Waals surface area contributed by atoms with Crippen LogP contribution in [-0.4, -0.2) is 22.5 Å². The Hall–Kier alpha value is -1.16. The topological polar surface area (TPSA) is 49.3 Å². The van der Waals surface area contributed by atoms with Crippen molar-refractivity contribution in [2.75, 3.05) is 11.5 Å². The number of phenolic OH excluding ortho intramolecular Hbond substituents is 1. The van der Waals surface area contributed by atoms with Gasteiger partial charge in [0, 0.05) is 13.0 Å². The van der Waals surface area contributed by atoms with E-state index in [4.69, 9.17) is 5.11 Å². The fourth-order valence-electron chi connectivity index (χ4n) is 2.10. The summed E-state index contributed by atoms with van der Waals surface area (Å²) in [6.45, 7) is 0.542. The summed E-state index contributed by atoms with van der Waals surface area (Å²) in [6.07, 6.45) is 2.98. The SMILES string of the molecule is O=C(CC1CCSCC1)NCc1ccc(O)cc1. The lowest BCUT2D eigenvalue weighted by Crippen LogP contribution is -2.26. The third kappa shape index (κ3) is 4.26. The molecule has 1 heterocycles. The molecule has 0 unspecified atom stereocenters. The minimum absolute atomic E-state index is 0.139. The molecule has 1 saturated heterocycles. The fraction of sp³-hybridized carbons (Fsp3) is 0.500. The van der Waals surface area contributed by atoms with Crippen LogP contribution in [0.5, 0.6) is 5.75 Å². The van der Waals surface area contributed by atoms with E-state index in [-0.39, 0.29) is 11.7 Å². The van der Waals surface area contributed by atoms with Gasteiger partial charge in [0.05, 0.1) is 0 Å². The van der Waals surface area contributed by atoms with E-state index in [1.54, 1.807) is 12.1 Å². The highest BCUT2D eigenvalue weighted by Gasteiger charge is 2.16. The minimum atomic E-state index is 0.139. The van der Waals surface area contributed by atoms with Gasteiger partial charge < -0.3 is 10.4 Å². The second kappa shape index (κ2) is 6.69. The zero-order chi connectivity index (χ0) is 12.8. The standard InChI is InChI=1S/C14H19NO2S/c16-13-3-1-12(2-4-13)10-15-14(17)9-11-5-7-18-8-6-11/h1-4,11,16H,5-10H2,(H,15,17). The summed E-state index contributed by atoms with van der Waals surface area (Å²) in [7, 11) is 0. The number of phenols is 1. The predicted octanol–water partition coefficient (Wildman–Crippen LogP) is 2.54. The van der Waals surface area contributed by atoms with Gasteiger partial charge in [-0.1, -0.05) is 12.1 Å². The molecule has 1 fully saturated rings. The van der Waals surface area contributed by atoms with Crippen molar-refractivity contribution in [2.24, 2.45) is 5.92 Å². The van der Waals surface area contributed by atoms with Crippen molar-refractivity contribution in [1.29, 1.82) is 0 Å². The fourth-order valence-corrected chi connectivity index (χ4v) is 3.30. The van der Waals surface area contributed by atoms with Crippen LogP contribution in [0.4, 0.5) is 0 Å². The van der Waals surface area contributed by atoms with Crippen LogP contribution in [0, 0.1) is 5.92 Å². The Morgan fingerprint density at radius 2 is 1.94 bits per heavy atom. The molecule has 1 aliphatic rings. The average molecular weight is 265 g/mol. The lowest BCUT2D eigenvalue weighted by Gasteiger charge is -2.20. The first kappa shape index (κ1) is 13.3. The lowest BCUT2D eigenvalue weighted by atomic mass is 9.98. The van der Waals surface area contributed by atoms with Crippen LogP contribution in [0.2, 0.25) is 0 Å². The van der Waals surface area contributed by atoms with Crippen molar-refractivity contribution in [3.8, 4) is 5.75 Å². The van der Waals surface area contributed by atoms with Crippen molar-refractivity contribution >= 4 is 17.7 Å². The Morgan fingerprint density at radius 1 is 1.28 bits per heavy atom. The maximum absolute atomic E-state index is 11.8. The van der Waals surface area contributed by atoms with Crippen LogP contribution in [0.25, 0.3) is 0 Å². The van der Waals surface area contributed by atoms with Crippen LogP contribution >= 0.6 is 11.8 Å². The minimum Gasteiger partial charge on any atom is -0.508 e. The molecule has 0 saturated carbocycles. The molecular weight excluding hydrogens is 246 g/mol. The van der Waals surface area contributed by atoms with Gasteiger partial charge in [0.15, 0.2) is 0 Å². The highest BCUT2D eigenvalue weighted by atomic mass is 32.2. The normalized spacial score (nSPS) is 16.4. The summed E-state index contributed by atoms with van der Waals surface area (Å²) in [5, 5.41) is 12.1. The molecule has 0 aliphatic carbocycles. The largest absolute Gasteiger partial charge is 0.508 e. The molecule has 98 valence electrons. The Kier molecular flexibility index (Phi) is 4.93. The molecular formula is C14H19NO2S. The number of benzene rings is 1. The molecule has 1 amide bonds. The Labute approximate surface area is 112 Å². The number of hydrogen-bond acceptors (Lipinski definition) is 3. The zero-order valence-electron chi connectivity index (χ0n) is 10.4. The van der Waals surface area contributed by atoms with Crippen LogP contribution in [0.15, 0.2) is 24.3 Å². The smallest absolute Gasteiger partial charge is 0.220 e. The third-order valence-electron chi connectivity index (χ3n) is 3.24. The molecule has 3 nitrogen and oxygen atoms in total. The molecule has 0 aromatic heterocycles. The maximum atomic E-state index is 11.8. The second-order valence-corrected chi connectivity index (χ2v) is 5.93. The zero-order valence-corrected chi connectivity index (χ0v) is 11.2. The molecule has 1 aromatic rings. The summed E-state index contributed by atoms with van der Waals surface area (Å²) < 4.78 is 0. The molecule has 0 atom stereocenters. The number of aromatic hydroxyl groups is 1. The first-order valence-corrected chi connectivity index (χ1v) is 7.52. The van der Waals surface area contributed by atoms with Crippen molar-refractivity contribution in [3.05, 3.63) is 29.8 Å². The Bertz CT molecular complexity index is 385. The summed E-state index contributed by atoms with van der Waals surface area (Å²) in [4.78, 5) is 11.8. The van der Waals surface area contributed by atoms with Crippen molar-refractivity contribution in [3.63, 3.8) is 0 Å². The molecule has 0 spiro atoms. The van der Waals surface area contributed by atoms with Gasteiger partial charge in [0.1, 0.15) is 5.75 Å². The third-order valence-corrected chi connectivity index (χ3v) is 4.29. The molecule has 18 heavy (non-hydrogen) atoms. The number of carbonyl (C=O) groups excluding carboxylic acids is 1. The Balaban J connectivity index is 1.72. The van der Waals surface area contributed by atoms with Gasteiger partial charge in [-0.05, 0) is 48.0 Å². The summed E-state index contributed by atoms with van der Waals surface area (Å²) in [5.74, 6) is 3.34. The molecule has 1 aliphatic heterocycles. The summed E-state index contributed by atoms with van der Waals surface area (Å²) in [5.41, 5.74) is 1.01. The highest BCUT2D eigenvalue weighted by molar-refractivity contribution is 7.99. The number of rotatable bonds is 4. The maximum Gasteiger partial charge on any atom is 0.220 e. The second-order valence-electron chi connectivity index (χ2n) is 4.70. The number of hydrogen-bond donors (Lipinski definition) is 2. The van der Waals surface area contributed by atoms with Crippen LogP contribution in [0.1, 0.15) is 24.8 Å². The highest BCUT2D eigenvalue weighted by Crippen LogP contribution is 2.25. The molecule has 0 radical (unpaired) electrons. The molecule has 0 bridgehead atoms. The van der Waals surface area contributed by atoms with E-state index in [9.17, 15) is 4.79 Å². The number of amides is 1. The van der Waals surface area contributed by atoms with Crippen LogP contribution < -0.4 is 5.32 Å². The molecule has 2 rings (SSSR count). The van der Waals surface area contributed by atoms with Crippen LogP contribution in [0.3, 0.4) is 0 Å². The van der Waals surface area contributed by atoms with Crippen molar-refractivity contribution < 1.29 is 9.90 Å². The van der Waals surface area contributed by atoms with Crippen LogP contribution in [-0.2, 0) is 11.3 Å². The van der Waals surface area contributed by atoms with E-state index in [1.807, 2.05) is 23.9 Å². The first-order chi connectivity index (χ1) is 8.74. The first-order valence-electron chi connectivity index (χ1n) is 6.36. The van der Waals surface area contributed by atoms with Crippen molar-refractivity contribution in [2.45, 2.75) is 25.8 Å². The van der Waals surface area contributed by atoms with Gasteiger partial charge in [-0.3, -0.25) is 4.79 Å². The van der Waals surface area contributed by atoms with E-state index in [1.165, 1.54) is 11.5 Å². The summed E-state index contributed by atoms with van der Waals surface area (Å²) in [6, 6.07) is 6.93. The van der Waals surface area contributed by atoms with Gasteiger partial charge in [0.2, 0.25) is 5.91 Å². The number of carbonyl (C=O) groups is 1. The van der Waals surface area contributed by atoms with E-state index in [2.05, 4.69) is 5.32 Å². The Morgan fingerprint density at radius 3 is 2.61 bits per heavy atom. The van der Waals surface area contributed by atoms with Gasteiger partial charge in [-0.2, -0.15) is 11.8 Å².